The molecule has 0 saturated carbocycles. The number of benzene rings is 1. The van der Waals surface area contributed by atoms with Crippen LogP contribution in [0.5, 0.6) is 0 Å². The van der Waals surface area contributed by atoms with Crippen molar-refractivity contribution in [3.8, 4) is 5.69 Å². The maximum Gasteiger partial charge on any atom is 0.311 e. The first kappa shape index (κ1) is 16.7. The van der Waals surface area contributed by atoms with Gasteiger partial charge >= 0.3 is 5.97 Å². The summed E-state index contributed by atoms with van der Waals surface area (Å²) in [6.45, 7) is 4.12. The molecule has 3 rings (SSSR count). The Labute approximate surface area is 141 Å². The van der Waals surface area contributed by atoms with E-state index >= 15 is 0 Å². The summed E-state index contributed by atoms with van der Waals surface area (Å²) in [5.41, 5.74) is 2.53. The van der Waals surface area contributed by atoms with E-state index in [1.165, 1.54) is 0 Å². The van der Waals surface area contributed by atoms with Crippen LogP contribution in [0.2, 0.25) is 0 Å². The Morgan fingerprint density at radius 2 is 2.12 bits per heavy atom. The van der Waals surface area contributed by atoms with Gasteiger partial charge in [0.2, 0.25) is 0 Å². The fraction of sp³-hybridized carbons (Fsp3) is 0.444. The predicted molar refractivity (Wildman–Crippen MR) is 90.1 cm³/mol. The number of carboxylic acids is 1. The molecule has 128 valence electrons. The number of hydrogen-bond acceptors (Lipinski definition) is 4. The monoisotopic (exact) mass is 329 g/mol. The second-order valence-electron chi connectivity index (χ2n) is 6.38. The number of nitrogens with zero attached hydrogens (tertiary/aromatic N) is 2. The Balaban J connectivity index is 1.61. The van der Waals surface area contributed by atoms with Gasteiger partial charge in [0.25, 0.3) is 0 Å². The minimum atomic E-state index is -0.742. The van der Waals surface area contributed by atoms with Crippen LogP contribution < -0.4 is 5.32 Å². The first-order valence-electron chi connectivity index (χ1n) is 8.22. The molecule has 1 aromatic heterocycles. The van der Waals surface area contributed by atoms with Gasteiger partial charge in [0.15, 0.2) is 0 Å². The van der Waals surface area contributed by atoms with Gasteiger partial charge in [0.05, 0.1) is 17.3 Å². The van der Waals surface area contributed by atoms with Crippen LogP contribution in [0.4, 0.5) is 0 Å². The highest BCUT2D eigenvalue weighted by molar-refractivity contribution is 5.75. The lowest BCUT2D eigenvalue weighted by Crippen LogP contribution is -2.44. The van der Waals surface area contributed by atoms with Crippen molar-refractivity contribution in [2.75, 3.05) is 19.8 Å². The van der Waals surface area contributed by atoms with E-state index in [2.05, 4.69) is 23.4 Å². The smallest absolute Gasteiger partial charge is 0.311 e. The second-order valence-corrected chi connectivity index (χ2v) is 6.38. The van der Waals surface area contributed by atoms with Crippen molar-refractivity contribution in [2.24, 2.45) is 5.41 Å². The van der Waals surface area contributed by atoms with E-state index in [1.54, 1.807) is 0 Å². The third-order valence-corrected chi connectivity index (χ3v) is 4.69. The highest BCUT2D eigenvalue weighted by Gasteiger charge is 2.39. The number of carboxylic acid groups (broad SMARTS) is 1. The van der Waals surface area contributed by atoms with Crippen molar-refractivity contribution in [3.05, 3.63) is 47.8 Å². The zero-order chi connectivity index (χ0) is 17.0. The van der Waals surface area contributed by atoms with Gasteiger partial charge in [-0.2, -0.15) is 5.10 Å². The van der Waals surface area contributed by atoms with Crippen LogP contribution in [0.1, 0.15) is 24.0 Å². The molecule has 1 aliphatic heterocycles. The molecule has 1 aliphatic rings. The van der Waals surface area contributed by atoms with E-state index in [1.807, 2.05) is 35.3 Å². The van der Waals surface area contributed by atoms with Crippen molar-refractivity contribution in [1.29, 1.82) is 0 Å². The molecular formula is C18H23N3O3. The summed E-state index contributed by atoms with van der Waals surface area (Å²) in [7, 11) is 0. The van der Waals surface area contributed by atoms with Crippen LogP contribution >= 0.6 is 0 Å². The number of para-hydroxylation sites is 1. The van der Waals surface area contributed by atoms with E-state index in [4.69, 9.17) is 4.74 Å². The number of aliphatic carboxylic acids is 1. The molecule has 1 fully saturated rings. The molecule has 2 N–H and O–H groups in total. The Kier molecular flexibility index (Phi) is 4.97. The summed E-state index contributed by atoms with van der Waals surface area (Å²) in [5, 5.41) is 17.2. The van der Waals surface area contributed by atoms with Gasteiger partial charge in [-0.3, -0.25) is 4.79 Å². The molecule has 0 atom stereocenters. The minimum absolute atomic E-state index is 0.446. The quantitative estimate of drug-likeness (QED) is 0.849. The zero-order valence-corrected chi connectivity index (χ0v) is 13.9. The maximum atomic E-state index is 11.6. The predicted octanol–water partition coefficient (Wildman–Crippen LogP) is 2.15. The van der Waals surface area contributed by atoms with Gasteiger partial charge in [-0.1, -0.05) is 18.2 Å². The lowest BCUT2D eigenvalue weighted by Gasteiger charge is -2.33. The molecule has 0 unspecified atom stereocenters. The lowest BCUT2D eigenvalue weighted by atomic mass is 9.80. The standard InChI is InChI=1S/C18H23N3O3/c1-14-4-2-3-5-16(14)21-12-15(11-20-21)10-19-13-18(17(22)23)6-8-24-9-7-18/h2-5,11-12,19H,6-10,13H2,1H3,(H,22,23). The molecule has 6 heteroatoms. The first-order chi connectivity index (χ1) is 11.6. The topological polar surface area (TPSA) is 76.4 Å². The van der Waals surface area contributed by atoms with Crippen LogP contribution in [0.25, 0.3) is 5.69 Å². The van der Waals surface area contributed by atoms with Crippen LogP contribution in [0.15, 0.2) is 36.7 Å². The average molecular weight is 329 g/mol. The van der Waals surface area contributed by atoms with Gasteiger partial charge in [-0.25, -0.2) is 4.68 Å². The second kappa shape index (κ2) is 7.15. The summed E-state index contributed by atoms with van der Waals surface area (Å²) in [6, 6.07) is 8.07. The third-order valence-electron chi connectivity index (χ3n) is 4.69. The lowest BCUT2D eigenvalue weighted by molar-refractivity contribution is -0.154. The third kappa shape index (κ3) is 3.49. The molecule has 0 spiro atoms. The average Bonchev–Trinajstić information content (AvgIpc) is 3.04. The van der Waals surface area contributed by atoms with E-state index in [9.17, 15) is 9.90 Å². The number of rotatable bonds is 6. The van der Waals surface area contributed by atoms with Crippen molar-refractivity contribution in [1.82, 2.24) is 15.1 Å². The molecule has 24 heavy (non-hydrogen) atoms. The largest absolute Gasteiger partial charge is 0.481 e. The van der Waals surface area contributed by atoms with Crippen LogP contribution in [-0.2, 0) is 16.1 Å². The Morgan fingerprint density at radius 1 is 1.38 bits per heavy atom. The molecular weight excluding hydrogens is 306 g/mol. The minimum Gasteiger partial charge on any atom is -0.481 e. The van der Waals surface area contributed by atoms with E-state index in [-0.39, 0.29) is 0 Å². The molecule has 1 aromatic carbocycles. The van der Waals surface area contributed by atoms with Crippen molar-refractivity contribution >= 4 is 5.97 Å². The van der Waals surface area contributed by atoms with E-state index in [0.717, 1.165) is 16.8 Å². The summed E-state index contributed by atoms with van der Waals surface area (Å²) in [4.78, 5) is 11.6. The molecule has 0 bridgehead atoms. The van der Waals surface area contributed by atoms with Gasteiger partial charge in [-0.15, -0.1) is 0 Å². The first-order valence-corrected chi connectivity index (χ1v) is 8.22. The fourth-order valence-electron chi connectivity index (χ4n) is 3.08. The molecule has 2 aromatic rings. The van der Waals surface area contributed by atoms with Gasteiger partial charge in [0, 0.05) is 38.1 Å². The SMILES string of the molecule is Cc1ccccc1-n1cc(CNCC2(C(=O)O)CCOCC2)cn1. The molecule has 0 amide bonds. The van der Waals surface area contributed by atoms with Crippen molar-refractivity contribution < 1.29 is 14.6 Å². The number of aryl methyl sites for hydroxylation is 1. The van der Waals surface area contributed by atoms with Crippen LogP contribution in [-0.4, -0.2) is 40.6 Å². The Hall–Kier alpha value is -2.18. The molecule has 0 radical (unpaired) electrons. The number of aromatic nitrogens is 2. The summed E-state index contributed by atoms with van der Waals surface area (Å²) in [5.74, 6) is -0.742. The van der Waals surface area contributed by atoms with Gasteiger partial charge in [0.1, 0.15) is 0 Å². The van der Waals surface area contributed by atoms with Gasteiger partial charge in [-0.05, 0) is 31.4 Å². The normalized spacial score (nSPS) is 16.9. The highest BCUT2D eigenvalue weighted by Crippen LogP contribution is 2.30. The number of nitrogens with one attached hydrogen (secondary N) is 1. The highest BCUT2D eigenvalue weighted by atomic mass is 16.5. The molecule has 0 aliphatic carbocycles. The summed E-state index contributed by atoms with van der Waals surface area (Å²) in [6.07, 6.45) is 4.90. The molecule has 6 nitrogen and oxygen atoms in total. The number of hydrogen-bond donors (Lipinski definition) is 2. The summed E-state index contributed by atoms with van der Waals surface area (Å²) >= 11 is 0. The van der Waals surface area contributed by atoms with Gasteiger partial charge < -0.3 is 15.2 Å². The Morgan fingerprint density at radius 3 is 2.83 bits per heavy atom. The van der Waals surface area contributed by atoms with E-state index in [0.29, 0.717) is 39.1 Å². The fourth-order valence-corrected chi connectivity index (χ4v) is 3.08. The summed E-state index contributed by atoms with van der Waals surface area (Å²) < 4.78 is 7.15. The molecule has 1 saturated heterocycles. The van der Waals surface area contributed by atoms with Crippen molar-refractivity contribution in [2.45, 2.75) is 26.3 Å². The zero-order valence-electron chi connectivity index (χ0n) is 13.9. The number of ether oxygens (including phenoxy) is 1. The van der Waals surface area contributed by atoms with Crippen LogP contribution in [0, 0.1) is 12.3 Å². The number of carbonyl (C=O) groups is 1. The van der Waals surface area contributed by atoms with Crippen molar-refractivity contribution in [3.63, 3.8) is 0 Å². The van der Waals surface area contributed by atoms with E-state index < -0.39 is 11.4 Å². The Bertz CT molecular complexity index is 705. The van der Waals surface area contributed by atoms with Crippen LogP contribution in [0.3, 0.4) is 0 Å². The maximum absolute atomic E-state index is 11.6. The molecule has 2 heterocycles.